The topological polar surface area (TPSA) is 87.9 Å². The summed E-state index contributed by atoms with van der Waals surface area (Å²) in [5, 5.41) is 4.96. The lowest BCUT2D eigenvalue weighted by molar-refractivity contribution is 0.180. The lowest BCUT2D eigenvalue weighted by Gasteiger charge is -2.33. The summed E-state index contributed by atoms with van der Waals surface area (Å²) in [6.07, 6.45) is 4.31. The van der Waals surface area contributed by atoms with E-state index in [0.29, 0.717) is 48.3 Å². The van der Waals surface area contributed by atoms with Gasteiger partial charge in [-0.25, -0.2) is 13.4 Å². The van der Waals surface area contributed by atoms with Crippen LogP contribution in [0.15, 0.2) is 34.0 Å². The highest BCUT2D eigenvalue weighted by Crippen LogP contribution is 2.26. The average molecular weight is 460 g/mol. The summed E-state index contributed by atoms with van der Waals surface area (Å²) in [7, 11) is -3.49. The molecule has 1 fully saturated rings. The number of hydrogen-bond donors (Lipinski definition) is 0. The Morgan fingerprint density at radius 1 is 1.03 bits per heavy atom. The molecule has 5 rings (SSSR count). The quantitative estimate of drug-likeness (QED) is 0.592. The number of rotatable bonds is 4. The van der Waals surface area contributed by atoms with E-state index >= 15 is 0 Å². The zero-order chi connectivity index (χ0) is 21.6. The zero-order valence-electron chi connectivity index (χ0n) is 17.5. The van der Waals surface area contributed by atoms with Crippen LogP contribution >= 0.6 is 11.3 Å². The van der Waals surface area contributed by atoms with Gasteiger partial charge in [0.15, 0.2) is 0 Å². The smallest absolute Gasteiger partial charge is 0.275 e. The first-order valence-electron chi connectivity index (χ1n) is 10.6. The van der Waals surface area contributed by atoms with Crippen LogP contribution in [0.25, 0.3) is 4.96 Å². The third-order valence-corrected chi connectivity index (χ3v) is 8.79. The monoisotopic (exact) mass is 459 g/mol. The van der Waals surface area contributed by atoms with E-state index in [1.165, 1.54) is 39.5 Å². The minimum absolute atomic E-state index is 0.182. The molecule has 3 aromatic rings. The van der Waals surface area contributed by atoms with Crippen LogP contribution in [0.1, 0.15) is 34.7 Å². The molecular weight excluding hydrogens is 434 g/mol. The molecule has 1 aliphatic carbocycles. The van der Waals surface area contributed by atoms with Crippen LogP contribution in [0.4, 0.5) is 0 Å². The molecule has 2 aliphatic rings. The van der Waals surface area contributed by atoms with E-state index in [-0.39, 0.29) is 5.56 Å². The highest BCUT2D eigenvalue weighted by atomic mass is 32.2. The van der Waals surface area contributed by atoms with Crippen LogP contribution in [-0.4, -0.2) is 58.4 Å². The van der Waals surface area contributed by atoms with Crippen LogP contribution in [0.2, 0.25) is 0 Å². The maximum atomic E-state index is 13.2. The van der Waals surface area contributed by atoms with Crippen molar-refractivity contribution in [1.29, 1.82) is 0 Å². The number of hydrogen-bond acceptors (Lipinski definition) is 7. The third kappa shape index (κ3) is 4.05. The Balaban J connectivity index is 1.27. The van der Waals surface area contributed by atoms with Gasteiger partial charge >= 0.3 is 0 Å². The van der Waals surface area contributed by atoms with Crippen molar-refractivity contribution in [3.05, 3.63) is 56.4 Å². The second-order valence-corrected chi connectivity index (χ2v) is 11.3. The number of sulfonamides is 1. The van der Waals surface area contributed by atoms with Gasteiger partial charge in [-0.2, -0.15) is 13.9 Å². The first-order chi connectivity index (χ1) is 14.9. The van der Waals surface area contributed by atoms with Crippen LogP contribution < -0.4 is 5.56 Å². The van der Waals surface area contributed by atoms with Gasteiger partial charge in [0.25, 0.3) is 5.56 Å². The standard InChI is InChI=1S/C21H25N5O3S2/c1-15-23-26-20(27)13-18(22-21(26)30-15)14-24-8-10-25(11-9-24)31(28,29)19-7-6-16-4-2-3-5-17(16)12-19/h6-7,12-13H,2-5,8-11,14H2,1H3. The van der Waals surface area contributed by atoms with E-state index in [2.05, 4.69) is 15.0 Å². The summed E-state index contributed by atoms with van der Waals surface area (Å²) >= 11 is 1.39. The molecule has 0 unspecified atom stereocenters. The molecule has 1 saturated heterocycles. The van der Waals surface area contributed by atoms with Crippen molar-refractivity contribution in [1.82, 2.24) is 23.8 Å². The fourth-order valence-electron chi connectivity index (χ4n) is 4.41. The molecule has 0 N–H and O–H groups in total. The molecule has 2 aromatic heterocycles. The van der Waals surface area contributed by atoms with Crippen molar-refractivity contribution in [2.45, 2.75) is 44.0 Å². The number of aryl methyl sites for hydroxylation is 3. The lowest BCUT2D eigenvalue weighted by atomic mass is 9.92. The Morgan fingerprint density at radius 2 is 1.77 bits per heavy atom. The molecule has 31 heavy (non-hydrogen) atoms. The highest BCUT2D eigenvalue weighted by molar-refractivity contribution is 7.89. The van der Waals surface area contributed by atoms with Gasteiger partial charge < -0.3 is 0 Å². The van der Waals surface area contributed by atoms with Crippen LogP contribution in [0.3, 0.4) is 0 Å². The molecule has 3 heterocycles. The summed E-state index contributed by atoms with van der Waals surface area (Å²) in [5.74, 6) is 0. The van der Waals surface area contributed by atoms with Crippen molar-refractivity contribution >= 4 is 26.3 Å². The Labute approximate surface area is 185 Å². The SMILES string of the molecule is Cc1nn2c(=O)cc(CN3CCN(S(=O)(=O)c4ccc5c(c4)CCCC5)CC3)nc2s1. The summed E-state index contributed by atoms with van der Waals surface area (Å²) < 4.78 is 29.3. The van der Waals surface area contributed by atoms with E-state index in [1.54, 1.807) is 10.4 Å². The Morgan fingerprint density at radius 3 is 2.55 bits per heavy atom. The maximum Gasteiger partial charge on any atom is 0.275 e. The second-order valence-electron chi connectivity index (χ2n) is 8.22. The molecule has 1 aliphatic heterocycles. The molecule has 1 aromatic carbocycles. The number of piperazine rings is 1. The molecule has 0 radical (unpaired) electrons. The van der Waals surface area contributed by atoms with Gasteiger partial charge in [-0.3, -0.25) is 9.69 Å². The highest BCUT2D eigenvalue weighted by Gasteiger charge is 2.29. The molecule has 0 bridgehead atoms. The summed E-state index contributed by atoms with van der Waals surface area (Å²) in [5.41, 5.74) is 2.97. The number of fused-ring (bicyclic) bond motifs is 2. The van der Waals surface area contributed by atoms with Crippen molar-refractivity contribution in [3.63, 3.8) is 0 Å². The minimum atomic E-state index is -3.49. The molecule has 0 atom stereocenters. The van der Waals surface area contributed by atoms with Gasteiger partial charge in [0.1, 0.15) is 5.01 Å². The Kier molecular flexibility index (Phi) is 5.41. The molecule has 8 nitrogen and oxygen atoms in total. The first-order valence-corrected chi connectivity index (χ1v) is 12.9. The summed E-state index contributed by atoms with van der Waals surface area (Å²) in [6.45, 7) is 4.44. The predicted octanol–water partition coefficient (Wildman–Crippen LogP) is 1.84. The molecule has 0 amide bonds. The third-order valence-electron chi connectivity index (χ3n) is 6.07. The molecule has 0 saturated carbocycles. The predicted molar refractivity (Wildman–Crippen MR) is 119 cm³/mol. The summed E-state index contributed by atoms with van der Waals surface area (Å²) in [6, 6.07) is 7.14. The van der Waals surface area contributed by atoms with E-state index < -0.39 is 10.0 Å². The number of benzene rings is 1. The van der Waals surface area contributed by atoms with Crippen molar-refractivity contribution in [3.8, 4) is 0 Å². The Hall–Kier alpha value is -2.14. The first kappa shape index (κ1) is 20.7. The van der Waals surface area contributed by atoms with Gasteiger partial charge in [-0.05, 0) is 55.9 Å². The number of nitrogens with zero attached hydrogens (tertiary/aromatic N) is 5. The fraction of sp³-hybridized carbons (Fsp3) is 0.476. The normalized spacial score (nSPS) is 18.4. The number of aromatic nitrogens is 3. The van der Waals surface area contributed by atoms with Gasteiger partial charge in [0.05, 0.1) is 10.6 Å². The van der Waals surface area contributed by atoms with E-state index in [1.807, 2.05) is 19.1 Å². The van der Waals surface area contributed by atoms with E-state index in [4.69, 9.17) is 0 Å². The Bertz CT molecular complexity index is 1290. The minimum Gasteiger partial charge on any atom is -0.295 e. The lowest BCUT2D eigenvalue weighted by Crippen LogP contribution is -2.48. The maximum absolute atomic E-state index is 13.2. The van der Waals surface area contributed by atoms with Crippen LogP contribution in [0, 0.1) is 6.92 Å². The summed E-state index contributed by atoms with van der Waals surface area (Å²) in [4.78, 5) is 20.0. The zero-order valence-corrected chi connectivity index (χ0v) is 19.1. The van der Waals surface area contributed by atoms with Gasteiger partial charge in [0, 0.05) is 38.8 Å². The largest absolute Gasteiger partial charge is 0.295 e. The second kappa shape index (κ2) is 8.09. The average Bonchev–Trinajstić information content (AvgIpc) is 3.14. The van der Waals surface area contributed by atoms with E-state index in [9.17, 15) is 13.2 Å². The van der Waals surface area contributed by atoms with Crippen molar-refractivity contribution in [2.24, 2.45) is 0 Å². The van der Waals surface area contributed by atoms with Gasteiger partial charge in [0.2, 0.25) is 15.0 Å². The van der Waals surface area contributed by atoms with Crippen molar-refractivity contribution < 1.29 is 8.42 Å². The fourth-order valence-corrected chi connectivity index (χ4v) is 6.65. The van der Waals surface area contributed by atoms with E-state index in [0.717, 1.165) is 24.3 Å². The van der Waals surface area contributed by atoms with Crippen LogP contribution in [-0.2, 0) is 29.4 Å². The molecule has 10 heteroatoms. The van der Waals surface area contributed by atoms with Gasteiger partial charge in [-0.1, -0.05) is 17.4 Å². The van der Waals surface area contributed by atoms with Crippen LogP contribution in [0.5, 0.6) is 0 Å². The van der Waals surface area contributed by atoms with Crippen molar-refractivity contribution in [2.75, 3.05) is 26.2 Å². The molecular formula is C21H25N5O3S2. The molecule has 164 valence electrons. The van der Waals surface area contributed by atoms with Gasteiger partial charge in [-0.15, -0.1) is 0 Å². The molecule has 0 spiro atoms.